The van der Waals surface area contributed by atoms with E-state index in [2.05, 4.69) is 14.9 Å². The average molecular weight is 646 g/mol. The number of Topliss-reactive ketones (excluding diaryl/α,β-unsaturated/α-hetero) is 1. The lowest BCUT2D eigenvalue weighted by molar-refractivity contribution is 0.0804. The highest BCUT2D eigenvalue weighted by Crippen LogP contribution is 2.38. The Bertz CT molecular complexity index is 1610. The molecule has 0 saturated carbocycles. The van der Waals surface area contributed by atoms with Crippen LogP contribution in [-0.2, 0) is 27.6 Å². The van der Waals surface area contributed by atoms with E-state index >= 15 is 4.39 Å². The number of aromatic nitrogens is 3. The van der Waals surface area contributed by atoms with Crippen molar-refractivity contribution in [3.63, 3.8) is 0 Å². The second-order valence-electron chi connectivity index (χ2n) is 12.6. The number of thiazole rings is 1. The second kappa shape index (κ2) is 12.7. The zero-order valence-corrected chi connectivity index (χ0v) is 26.9. The maximum atomic E-state index is 15.4. The first-order valence-electron chi connectivity index (χ1n) is 15.5. The largest absolute Gasteiger partial charge is 0.393 e. The zero-order valence-electron chi connectivity index (χ0n) is 25.2. The molecule has 0 aromatic carbocycles. The molecule has 1 aliphatic carbocycles. The highest BCUT2D eigenvalue weighted by molar-refractivity contribution is 7.92. The van der Waals surface area contributed by atoms with Gasteiger partial charge in [-0.1, -0.05) is 31.3 Å². The molecule has 13 heteroatoms. The van der Waals surface area contributed by atoms with Crippen LogP contribution >= 0.6 is 11.3 Å². The van der Waals surface area contributed by atoms with E-state index in [0.29, 0.717) is 53.5 Å². The maximum Gasteiger partial charge on any atom is 0.260 e. The Morgan fingerprint density at radius 3 is 2.73 bits per heavy atom. The van der Waals surface area contributed by atoms with Crippen molar-refractivity contribution >= 4 is 43.3 Å². The molecule has 238 valence electrons. The van der Waals surface area contributed by atoms with E-state index in [4.69, 9.17) is 9.72 Å². The van der Waals surface area contributed by atoms with Crippen molar-refractivity contribution in [3.05, 3.63) is 46.2 Å². The summed E-state index contributed by atoms with van der Waals surface area (Å²) >= 11 is 1.28. The van der Waals surface area contributed by atoms with Crippen LogP contribution in [-0.4, -0.2) is 89.7 Å². The number of anilines is 1. The number of sulfonamides is 1. The van der Waals surface area contributed by atoms with Gasteiger partial charge in [0, 0.05) is 37.8 Å². The molecule has 0 spiro atoms. The number of aryl methyl sites for hydroxylation is 1. The number of fused-ring (bicyclic) bond motifs is 2. The summed E-state index contributed by atoms with van der Waals surface area (Å²) in [7, 11) is -3.59. The number of aliphatic hydroxyl groups is 1. The predicted octanol–water partition coefficient (Wildman–Crippen LogP) is 4.27. The van der Waals surface area contributed by atoms with Crippen LogP contribution in [0, 0.1) is 5.92 Å². The number of alkyl halides is 1. The van der Waals surface area contributed by atoms with Gasteiger partial charge in [0.1, 0.15) is 21.8 Å². The van der Waals surface area contributed by atoms with Gasteiger partial charge < -0.3 is 14.7 Å². The molecule has 5 heterocycles. The fourth-order valence-corrected chi connectivity index (χ4v) is 8.48. The van der Waals surface area contributed by atoms with Gasteiger partial charge in [0.2, 0.25) is 0 Å². The number of ketones is 1. The molecule has 1 N–H and O–H groups in total. The summed E-state index contributed by atoms with van der Waals surface area (Å²) in [4.78, 5) is 30.6. The minimum Gasteiger partial charge on any atom is -0.393 e. The van der Waals surface area contributed by atoms with E-state index in [1.165, 1.54) is 15.6 Å². The lowest BCUT2D eigenvalue weighted by atomic mass is 9.77. The highest BCUT2D eigenvalue weighted by Gasteiger charge is 2.38. The van der Waals surface area contributed by atoms with Crippen LogP contribution in [0.3, 0.4) is 0 Å². The topological polar surface area (TPSA) is 126 Å². The van der Waals surface area contributed by atoms with Crippen molar-refractivity contribution in [2.24, 2.45) is 5.92 Å². The molecular formula is C31H40FN5O5S2. The smallest absolute Gasteiger partial charge is 0.260 e. The Labute approximate surface area is 261 Å². The summed E-state index contributed by atoms with van der Waals surface area (Å²) in [6.07, 6.45) is 5.13. The van der Waals surface area contributed by atoms with Crippen LogP contribution in [0.1, 0.15) is 78.5 Å². The minimum atomic E-state index is -3.59. The Morgan fingerprint density at radius 1 is 1.23 bits per heavy atom. The molecule has 0 bridgehead atoms. The Kier molecular flexibility index (Phi) is 9.04. The molecule has 0 amide bonds. The normalized spacial score (nSPS) is 23.6. The molecule has 0 radical (unpaired) electrons. The van der Waals surface area contributed by atoms with Gasteiger partial charge >= 0.3 is 0 Å². The van der Waals surface area contributed by atoms with Crippen molar-refractivity contribution < 1.29 is 27.4 Å². The number of carbonyl (C=O) groups excluding carboxylic acids is 1. The fraction of sp³-hybridized carbons (Fsp3) is 0.613. The van der Waals surface area contributed by atoms with Crippen LogP contribution in [0.5, 0.6) is 0 Å². The number of hydrogen-bond donors (Lipinski definition) is 1. The van der Waals surface area contributed by atoms with Crippen molar-refractivity contribution in [2.75, 3.05) is 43.0 Å². The number of piperidine rings is 1. The Balaban J connectivity index is 1.22. The Morgan fingerprint density at radius 2 is 2.02 bits per heavy atom. The van der Waals surface area contributed by atoms with Crippen molar-refractivity contribution in [1.82, 2.24) is 19.9 Å². The summed E-state index contributed by atoms with van der Waals surface area (Å²) in [5, 5.41) is 10.3. The third kappa shape index (κ3) is 6.67. The number of rotatable bonds is 9. The monoisotopic (exact) mass is 645 g/mol. The maximum absolute atomic E-state index is 15.4. The third-order valence-electron chi connectivity index (χ3n) is 9.37. The third-order valence-corrected chi connectivity index (χ3v) is 11.9. The first kappa shape index (κ1) is 31.4. The van der Waals surface area contributed by atoms with E-state index in [0.717, 1.165) is 49.3 Å². The number of likely N-dealkylation sites (tertiary alicyclic amines) is 1. The summed E-state index contributed by atoms with van der Waals surface area (Å²) in [6.45, 7) is 6.70. The van der Waals surface area contributed by atoms with Gasteiger partial charge in [-0.2, -0.15) is 0 Å². The number of ether oxygens (including phenoxy) is 1. The minimum absolute atomic E-state index is 0.0901. The molecule has 6 rings (SSSR count). The zero-order chi connectivity index (χ0) is 31.1. The van der Waals surface area contributed by atoms with Crippen molar-refractivity contribution in [1.29, 1.82) is 0 Å². The molecule has 10 nitrogen and oxygen atoms in total. The van der Waals surface area contributed by atoms with Gasteiger partial charge in [0.05, 0.1) is 19.3 Å². The van der Waals surface area contributed by atoms with E-state index < -0.39 is 15.7 Å². The lowest BCUT2D eigenvalue weighted by Gasteiger charge is -2.33. The summed E-state index contributed by atoms with van der Waals surface area (Å²) in [5.74, 6) is -0.379. The Hall–Kier alpha value is -2.58. The molecular weight excluding hydrogens is 606 g/mol. The summed E-state index contributed by atoms with van der Waals surface area (Å²) in [6, 6.07) is 5.46. The number of pyridine rings is 2. The van der Waals surface area contributed by atoms with E-state index in [-0.39, 0.29) is 42.6 Å². The molecule has 3 aromatic heterocycles. The van der Waals surface area contributed by atoms with Gasteiger partial charge in [0.15, 0.2) is 16.7 Å². The van der Waals surface area contributed by atoms with Crippen LogP contribution in [0.4, 0.5) is 10.2 Å². The lowest BCUT2D eigenvalue weighted by Crippen LogP contribution is -2.41. The number of hydrogen-bond acceptors (Lipinski definition) is 10. The van der Waals surface area contributed by atoms with E-state index in [1.807, 2.05) is 26.0 Å². The van der Waals surface area contributed by atoms with Crippen LogP contribution in [0.25, 0.3) is 10.3 Å². The number of halogens is 1. The molecule has 2 aliphatic heterocycles. The molecule has 2 saturated heterocycles. The van der Waals surface area contributed by atoms with Gasteiger partial charge in [-0.15, -0.1) is 0 Å². The summed E-state index contributed by atoms with van der Waals surface area (Å²) in [5.41, 5.74) is 2.00. The quantitative estimate of drug-likeness (QED) is 0.340. The van der Waals surface area contributed by atoms with E-state index in [1.54, 1.807) is 12.3 Å². The summed E-state index contributed by atoms with van der Waals surface area (Å²) < 4.78 is 46.8. The number of nitrogens with zero attached hydrogens (tertiary/aromatic N) is 5. The van der Waals surface area contributed by atoms with Crippen LogP contribution in [0.15, 0.2) is 24.4 Å². The number of aliphatic hydroxyl groups excluding tert-OH is 1. The molecule has 44 heavy (non-hydrogen) atoms. The average Bonchev–Trinajstić information content (AvgIpc) is 3.42. The van der Waals surface area contributed by atoms with Crippen molar-refractivity contribution in [3.8, 4) is 0 Å². The standard InChI is InChI=1S/C31H40FN5O5S2/c1-20(2)31(32)9-5-25-23(17-31)15-26-29(34-25)43-30(35-26)27(39)16-21(6-10-36-11-7-24(38)8-12-36)22-3-4-28(33-18-22)37-13-14-42-19-44(37,40)41/h3-4,15,18,20-21,24,38H,5-14,16-17,19H2,1-2H3/t21?,31-/m0/s1. The van der Waals surface area contributed by atoms with E-state index in [9.17, 15) is 18.3 Å². The first-order valence-corrected chi connectivity index (χ1v) is 17.9. The van der Waals surface area contributed by atoms with Gasteiger partial charge in [-0.05, 0) is 73.7 Å². The predicted molar refractivity (Wildman–Crippen MR) is 167 cm³/mol. The second-order valence-corrected chi connectivity index (χ2v) is 15.5. The van der Waals surface area contributed by atoms with Gasteiger partial charge in [0.25, 0.3) is 10.0 Å². The fourth-order valence-electron chi connectivity index (χ4n) is 6.39. The van der Waals surface area contributed by atoms with Gasteiger partial charge in [-0.3, -0.25) is 4.79 Å². The first-order chi connectivity index (χ1) is 21.0. The molecule has 3 aliphatic rings. The van der Waals surface area contributed by atoms with Crippen molar-refractivity contribution in [2.45, 2.75) is 76.5 Å². The van der Waals surface area contributed by atoms with Crippen LogP contribution in [0.2, 0.25) is 0 Å². The molecule has 3 aromatic rings. The number of carbonyl (C=O) groups is 1. The molecule has 2 atom stereocenters. The van der Waals surface area contributed by atoms with Gasteiger partial charge in [-0.25, -0.2) is 32.1 Å². The SMILES string of the molecule is CC(C)[C@]1(F)CCc2nc3sc(C(=O)CC(CCN4CCC(O)CC4)c4ccc(N5CCOCS5(=O)=O)nc4)nc3cc2C1. The van der Waals surface area contributed by atoms with Crippen LogP contribution < -0.4 is 4.31 Å². The molecule has 2 fully saturated rings. The highest BCUT2D eigenvalue weighted by atomic mass is 32.2. The molecule has 1 unspecified atom stereocenters.